The van der Waals surface area contributed by atoms with Crippen LogP contribution in [-0.2, 0) is 11.2 Å². The number of carbonyl (C=O) groups excluding carboxylic acids is 2. The smallest absolute Gasteiger partial charge is 0.318 e. The number of rotatable bonds is 8. The fourth-order valence-corrected chi connectivity index (χ4v) is 4.99. The fraction of sp³-hybridized carbons (Fsp3) is 0.625. The number of urea groups is 1. The first-order valence-electron chi connectivity index (χ1n) is 11.7. The number of piperidine rings is 1. The molecule has 7 nitrogen and oxygen atoms in total. The van der Waals surface area contributed by atoms with Crippen LogP contribution in [0.15, 0.2) is 30.3 Å². The number of likely N-dealkylation sites (tertiary alicyclic amines) is 2. The second kappa shape index (κ2) is 9.64. The van der Waals surface area contributed by atoms with Gasteiger partial charge in [0.15, 0.2) is 0 Å². The zero-order chi connectivity index (χ0) is 23.5. The van der Waals surface area contributed by atoms with E-state index in [4.69, 9.17) is 5.26 Å². The normalized spacial score (nSPS) is 21.1. The molecule has 3 aliphatic rings. The van der Waals surface area contributed by atoms with Crippen molar-refractivity contribution in [1.29, 1.82) is 5.26 Å². The van der Waals surface area contributed by atoms with Gasteiger partial charge in [-0.3, -0.25) is 4.79 Å². The van der Waals surface area contributed by atoms with Gasteiger partial charge in [0.1, 0.15) is 12.6 Å². The third kappa shape index (κ3) is 5.99. The molecule has 0 radical (unpaired) electrons. The molecule has 3 amide bonds. The van der Waals surface area contributed by atoms with Crippen molar-refractivity contribution in [2.24, 2.45) is 5.41 Å². The topological polar surface area (TPSA) is 88.5 Å². The van der Waals surface area contributed by atoms with Gasteiger partial charge in [-0.25, -0.2) is 13.6 Å². The van der Waals surface area contributed by atoms with Crippen LogP contribution < -0.4 is 10.6 Å². The maximum atomic E-state index is 14.8. The minimum atomic E-state index is -3.20. The largest absolute Gasteiger partial charge is 0.341 e. The monoisotopic (exact) mass is 459 g/mol. The average molecular weight is 460 g/mol. The lowest BCUT2D eigenvalue weighted by Gasteiger charge is -2.54. The van der Waals surface area contributed by atoms with Crippen LogP contribution in [0.3, 0.4) is 0 Å². The van der Waals surface area contributed by atoms with E-state index in [9.17, 15) is 18.4 Å². The predicted molar refractivity (Wildman–Crippen MR) is 118 cm³/mol. The van der Waals surface area contributed by atoms with Crippen LogP contribution in [0.25, 0.3) is 0 Å². The number of nitrogens with one attached hydrogen (secondary N) is 2. The van der Waals surface area contributed by atoms with E-state index in [0.29, 0.717) is 18.7 Å². The summed E-state index contributed by atoms with van der Waals surface area (Å²) in [6.07, 6.45) is 3.27. The minimum absolute atomic E-state index is 0.110. The Morgan fingerprint density at radius 1 is 1.18 bits per heavy atom. The molecule has 33 heavy (non-hydrogen) atoms. The lowest BCUT2D eigenvalue weighted by Crippen LogP contribution is -2.65. The van der Waals surface area contributed by atoms with E-state index < -0.39 is 36.7 Å². The second-order valence-electron chi connectivity index (χ2n) is 9.72. The van der Waals surface area contributed by atoms with Gasteiger partial charge in [0.05, 0.1) is 6.07 Å². The zero-order valence-corrected chi connectivity index (χ0v) is 18.7. The van der Waals surface area contributed by atoms with Crippen LogP contribution in [0.5, 0.6) is 0 Å². The lowest BCUT2D eigenvalue weighted by molar-refractivity contribution is -0.125. The van der Waals surface area contributed by atoms with Crippen molar-refractivity contribution < 1.29 is 18.4 Å². The lowest BCUT2D eigenvalue weighted by atomic mass is 9.72. The van der Waals surface area contributed by atoms with Gasteiger partial charge in [0.2, 0.25) is 5.91 Å². The molecule has 1 aromatic rings. The highest BCUT2D eigenvalue weighted by Crippen LogP contribution is 2.42. The summed E-state index contributed by atoms with van der Waals surface area (Å²) in [5.74, 6) is -3.97. The van der Waals surface area contributed by atoms with Crippen LogP contribution in [0.4, 0.5) is 13.6 Å². The summed E-state index contributed by atoms with van der Waals surface area (Å²) in [4.78, 5) is 29.4. The first kappa shape index (κ1) is 23.4. The maximum Gasteiger partial charge on any atom is 0.318 e. The van der Waals surface area contributed by atoms with Gasteiger partial charge in [-0.05, 0) is 44.3 Å². The molecule has 0 aromatic heterocycles. The van der Waals surface area contributed by atoms with Crippen LogP contribution in [0, 0.1) is 16.7 Å². The number of hydrogen-bond donors (Lipinski definition) is 2. The first-order chi connectivity index (χ1) is 15.8. The number of benzene rings is 1. The van der Waals surface area contributed by atoms with Crippen molar-refractivity contribution in [3.63, 3.8) is 0 Å². The highest BCUT2D eigenvalue weighted by Gasteiger charge is 2.48. The number of nitrogens with zero attached hydrogens (tertiary/aromatic N) is 3. The molecule has 2 saturated heterocycles. The Morgan fingerprint density at radius 3 is 2.45 bits per heavy atom. The van der Waals surface area contributed by atoms with Gasteiger partial charge < -0.3 is 20.4 Å². The van der Waals surface area contributed by atoms with Crippen LogP contribution in [0.2, 0.25) is 0 Å². The summed E-state index contributed by atoms with van der Waals surface area (Å²) in [6.45, 7) is 2.96. The summed E-state index contributed by atoms with van der Waals surface area (Å²) in [7, 11) is 0. The van der Waals surface area contributed by atoms with Crippen molar-refractivity contribution in [1.82, 2.24) is 20.4 Å². The third-order valence-electron chi connectivity index (χ3n) is 7.03. The molecule has 2 N–H and O–H groups in total. The quantitative estimate of drug-likeness (QED) is 0.585. The summed E-state index contributed by atoms with van der Waals surface area (Å²) in [6, 6.07) is 8.89. The first-order valence-corrected chi connectivity index (χ1v) is 11.7. The summed E-state index contributed by atoms with van der Waals surface area (Å²) < 4.78 is 29.5. The Morgan fingerprint density at radius 2 is 1.85 bits per heavy atom. The number of amides is 3. The number of alkyl halides is 2. The van der Waals surface area contributed by atoms with Gasteiger partial charge in [-0.15, -0.1) is 0 Å². The molecule has 2 aliphatic heterocycles. The highest BCUT2D eigenvalue weighted by atomic mass is 19.3. The Balaban J connectivity index is 1.32. The van der Waals surface area contributed by atoms with Crippen molar-refractivity contribution in [3.8, 4) is 6.07 Å². The zero-order valence-electron chi connectivity index (χ0n) is 18.7. The molecule has 1 unspecified atom stereocenters. The van der Waals surface area contributed by atoms with Crippen LogP contribution >= 0.6 is 0 Å². The minimum Gasteiger partial charge on any atom is -0.341 e. The van der Waals surface area contributed by atoms with Gasteiger partial charge in [-0.2, -0.15) is 5.26 Å². The standard InChI is InChI=1S/C24H31F2N5O2/c25-24(26,14-18-4-2-1-3-5-18)15-20(21(32)28-11-10-27)29-22(33)31-16-23(17-31)8-12-30(13-9-23)19-6-7-19/h1-5,19-20H,6-9,11-17H2,(H,28,32)(H,29,33). The van der Waals surface area contributed by atoms with Crippen molar-refractivity contribution in [3.05, 3.63) is 35.9 Å². The Hall–Kier alpha value is -2.73. The molecular weight excluding hydrogens is 428 g/mol. The summed E-state index contributed by atoms with van der Waals surface area (Å²) >= 11 is 0. The molecule has 1 atom stereocenters. The van der Waals surface area contributed by atoms with Gasteiger partial charge >= 0.3 is 6.03 Å². The van der Waals surface area contributed by atoms with Crippen LogP contribution in [0.1, 0.15) is 37.7 Å². The van der Waals surface area contributed by atoms with E-state index in [2.05, 4.69) is 15.5 Å². The molecular formula is C24H31F2N5O2. The van der Waals surface area contributed by atoms with E-state index in [0.717, 1.165) is 32.0 Å². The van der Waals surface area contributed by atoms with Gasteiger partial charge in [0, 0.05) is 37.4 Å². The molecule has 2 heterocycles. The van der Waals surface area contributed by atoms with E-state index in [1.165, 1.54) is 12.8 Å². The molecule has 1 aromatic carbocycles. The average Bonchev–Trinajstić information content (AvgIpc) is 3.61. The fourth-order valence-electron chi connectivity index (χ4n) is 4.99. The highest BCUT2D eigenvalue weighted by molar-refractivity contribution is 5.87. The van der Waals surface area contributed by atoms with Crippen molar-refractivity contribution in [2.45, 2.75) is 56.5 Å². The molecule has 4 rings (SSSR count). The molecule has 1 aliphatic carbocycles. The van der Waals surface area contributed by atoms with Gasteiger partial charge in [0.25, 0.3) is 5.92 Å². The SMILES string of the molecule is N#CCNC(=O)C(CC(F)(F)Cc1ccccc1)NC(=O)N1CC2(CCN(C3CC3)CC2)C1. The van der Waals surface area contributed by atoms with Gasteiger partial charge in [-0.1, -0.05) is 30.3 Å². The molecule has 178 valence electrons. The van der Waals surface area contributed by atoms with E-state index >= 15 is 0 Å². The Labute approximate surface area is 193 Å². The van der Waals surface area contributed by atoms with Crippen LogP contribution in [-0.4, -0.2) is 72.5 Å². The van der Waals surface area contributed by atoms with E-state index in [1.54, 1.807) is 41.3 Å². The van der Waals surface area contributed by atoms with Crippen molar-refractivity contribution >= 4 is 11.9 Å². The summed E-state index contributed by atoms with van der Waals surface area (Å²) in [5.41, 5.74) is 0.561. The van der Waals surface area contributed by atoms with E-state index in [-0.39, 0.29) is 12.0 Å². The number of halogens is 2. The third-order valence-corrected chi connectivity index (χ3v) is 7.03. The molecule has 1 saturated carbocycles. The molecule has 3 fully saturated rings. The summed E-state index contributed by atoms with van der Waals surface area (Å²) in [5, 5.41) is 13.5. The number of carbonyl (C=O) groups is 2. The molecule has 1 spiro atoms. The van der Waals surface area contributed by atoms with E-state index in [1.807, 2.05) is 0 Å². The maximum absolute atomic E-state index is 14.8. The second-order valence-corrected chi connectivity index (χ2v) is 9.72. The Kier molecular flexibility index (Phi) is 6.84. The number of nitriles is 1. The predicted octanol–water partition coefficient (Wildman–Crippen LogP) is 2.53. The van der Waals surface area contributed by atoms with Crippen molar-refractivity contribution in [2.75, 3.05) is 32.7 Å². The molecule has 9 heteroatoms. The molecule has 0 bridgehead atoms. The Bertz CT molecular complexity index is 884. The number of hydrogen-bond acceptors (Lipinski definition) is 4.